The van der Waals surface area contributed by atoms with E-state index in [0.717, 1.165) is 45.3 Å². The largest absolute Gasteiger partial charge is 0.303 e. The van der Waals surface area contributed by atoms with Gasteiger partial charge in [-0.15, -0.1) is 12.3 Å². The number of nitrogens with zero attached hydrogens (tertiary/aromatic N) is 1. The van der Waals surface area contributed by atoms with Crippen molar-refractivity contribution in [1.29, 1.82) is 0 Å². The summed E-state index contributed by atoms with van der Waals surface area (Å²) in [6, 6.07) is 0. The molecule has 78 valence electrons. The van der Waals surface area contributed by atoms with Crippen molar-refractivity contribution in [3.8, 4) is 12.3 Å². The van der Waals surface area contributed by atoms with Crippen LogP contribution in [0.1, 0.15) is 32.6 Å². The maximum atomic E-state index is 11.2. The van der Waals surface area contributed by atoms with Crippen molar-refractivity contribution in [2.45, 2.75) is 32.6 Å². The number of hydrogen-bond donors (Lipinski definition) is 0. The Kier molecular flexibility index (Phi) is 4.69. The number of unbranched alkanes of at least 4 members (excludes halogenated alkanes) is 1. The smallest absolute Gasteiger partial charge is 0.134 e. The molecule has 14 heavy (non-hydrogen) atoms. The molecule has 2 nitrogen and oxygen atoms in total. The molecule has 0 N–H and O–H groups in total. The first-order valence-corrected chi connectivity index (χ1v) is 5.40. The van der Waals surface area contributed by atoms with Crippen molar-refractivity contribution >= 4 is 5.78 Å². The van der Waals surface area contributed by atoms with E-state index in [1.54, 1.807) is 6.92 Å². The molecule has 0 aromatic heterocycles. The minimum atomic E-state index is 0.273. The number of hydrogen-bond acceptors (Lipinski definition) is 2. The second-order valence-electron chi connectivity index (χ2n) is 4.06. The van der Waals surface area contributed by atoms with Gasteiger partial charge in [0.25, 0.3) is 0 Å². The molecule has 2 heteroatoms. The van der Waals surface area contributed by atoms with Crippen LogP contribution in [0.5, 0.6) is 0 Å². The van der Waals surface area contributed by atoms with Crippen LogP contribution in [0.25, 0.3) is 0 Å². The molecule has 0 radical (unpaired) electrons. The van der Waals surface area contributed by atoms with Crippen molar-refractivity contribution in [2.24, 2.45) is 5.92 Å². The molecule has 1 atom stereocenters. The van der Waals surface area contributed by atoms with Crippen LogP contribution in [0, 0.1) is 18.3 Å². The molecular formula is C12H19NO. The Morgan fingerprint density at radius 3 is 3.07 bits per heavy atom. The van der Waals surface area contributed by atoms with Gasteiger partial charge >= 0.3 is 0 Å². The Morgan fingerprint density at radius 1 is 1.64 bits per heavy atom. The summed E-state index contributed by atoms with van der Waals surface area (Å²) < 4.78 is 0. The number of ketones is 1. The van der Waals surface area contributed by atoms with E-state index in [9.17, 15) is 4.79 Å². The standard InChI is InChI=1S/C12H19NO/c1-3-4-5-8-13-9-6-7-12(10-13)11(2)14/h1,12H,4-10H2,2H3. The highest BCUT2D eigenvalue weighted by molar-refractivity contribution is 5.78. The third kappa shape index (κ3) is 3.51. The zero-order valence-electron chi connectivity index (χ0n) is 8.96. The number of piperidine rings is 1. The van der Waals surface area contributed by atoms with Crippen molar-refractivity contribution in [3.63, 3.8) is 0 Å². The lowest BCUT2D eigenvalue weighted by atomic mass is 9.94. The van der Waals surface area contributed by atoms with Gasteiger partial charge in [0, 0.05) is 18.9 Å². The topological polar surface area (TPSA) is 20.3 Å². The quantitative estimate of drug-likeness (QED) is 0.500. The van der Waals surface area contributed by atoms with Gasteiger partial charge in [-0.25, -0.2) is 0 Å². The van der Waals surface area contributed by atoms with Crippen LogP contribution in [0.15, 0.2) is 0 Å². The molecule has 1 saturated heterocycles. The molecule has 0 aliphatic carbocycles. The SMILES string of the molecule is C#CCCCN1CCCC(C(C)=O)C1. The molecule has 0 saturated carbocycles. The van der Waals surface area contributed by atoms with Gasteiger partial charge in [-0.3, -0.25) is 4.79 Å². The van der Waals surface area contributed by atoms with Gasteiger partial charge in [0.15, 0.2) is 0 Å². The van der Waals surface area contributed by atoms with Crippen LogP contribution < -0.4 is 0 Å². The summed E-state index contributed by atoms with van der Waals surface area (Å²) in [5, 5.41) is 0. The van der Waals surface area contributed by atoms with E-state index in [-0.39, 0.29) is 5.92 Å². The highest BCUT2D eigenvalue weighted by Crippen LogP contribution is 2.17. The summed E-state index contributed by atoms with van der Waals surface area (Å²) in [7, 11) is 0. The summed E-state index contributed by atoms with van der Waals surface area (Å²) in [4.78, 5) is 13.6. The first kappa shape index (κ1) is 11.3. The number of likely N-dealkylation sites (tertiary alicyclic amines) is 1. The van der Waals surface area contributed by atoms with E-state index in [0.29, 0.717) is 5.78 Å². The Hall–Kier alpha value is -0.810. The molecule has 1 rings (SSSR count). The number of carbonyl (C=O) groups is 1. The van der Waals surface area contributed by atoms with Crippen LogP contribution in [0.4, 0.5) is 0 Å². The molecule has 1 aliphatic rings. The van der Waals surface area contributed by atoms with E-state index >= 15 is 0 Å². The number of carbonyl (C=O) groups excluding carboxylic acids is 1. The summed E-state index contributed by atoms with van der Waals surface area (Å²) in [5.41, 5.74) is 0. The second-order valence-corrected chi connectivity index (χ2v) is 4.06. The summed E-state index contributed by atoms with van der Waals surface area (Å²) in [5.74, 6) is 3.26. The van der Waals surface area contributed by atoms with Gasteiger partial charge in [-0.1, -0.05) is 0 Å². The van der Waals surface area contributed by atoms with Gasteiger partial charge in [-0.2, -0.15) is 0 Å². The zero-order valence-corrected chi connectivity index (χ0v) is 8.96. The number of terminal acetylenes is 1. The molecule has 0 bridgehead atoms. The van der Waals surface area contributed by atoms with Crippen molar-refractivity contribution in [1.82, 2.24) is 4.90 Å². The second kappa shape index (κ2) is 5.82. The fourth-order valence-corrected chi connectivity index (χ4v) is 2.00. The van der Waals surface area contributed by atoms with Gasteiger partial charge in [0.2, 0.25) is 0 Å². The minimum absolute atomic E-state index is 0.273. The fourth-order valence-electron chi connectivity index (χ4n) is 2.00. The number of rotatable bonds is 4. The Bertz CT molecular complexity index is 229. The predicted octanol–water partition coefficient (Wildman–Crippen LogP) is 1.70. The molecule has 0 spiro atoms. The predicted molar refractivity (Wildman–Crippen MR) is 57.9 cm³/mol. The summed E-state index contributed by atoms with van der Waals surface area (Å²) in [6.45, 7) is 4.83. The molecule has 0 amide bonds. The van der Waals surface area contributed by atoms with Gasteiger partial charge < -0.3 is 4.90 Å². The lowest BCUT2D eigenvalue weighted by Crippen LogP contribution is -2.38. The van der Waals surface area contributed by atoms with Crippen LogP contribution in [-0.4, -0.2) is 30.3 Å². The zero-order chi connectivity index (χ0) is 10.4. The fraction of sp³-hybridized carbons (Fsp3) is 0.750. The molecular weight excluding hydrogens is 174 g/mol. The average Bonchev–Trinajstić information content (AvgIpc) is 2.19. The molecule has 1 unspecified atom stereocenters. The molecule has 0 aromatic carbocycles. The van der Waals surface area contributed by atoms with Gasteiger partial charge in [0.1, 0.15) is 5.78 Å². The van der Waals surface area contributed by atoms with Gasteiger partial charge in [-0.05, 0) is 39.3 Å². The Balaban J connectivity index is 2.26. The summed E-state index contributed by atoms with van der Waals surface area (Å²) >= 11 is 0. The Morgan fingerprint density at radius 2 is 2.43 bits per heavy atom. The van der Waals surface area contributed by atoms with Crippen LogP contribution in [0.2, 0.25) is 0 Å². The molecule has 1 heterocycles. The van der Waals surface area contributed by atoms with Crippen molar-refractivity contribution < 1.29 is 4.79 Å². The van der Waals surface area contributed by atoms with Crippen LogP contribution in [0.3, 0.4) is 0 Å². The monoisotopic (exact) mass is 193 g/mol. The van der Waals surface area contributed by atoms with E-state index in [1.165, 1.54) is 0 Å². The molecule has 0 aromatic rings. The number of Topliss-reactive ketones (excluding diaryl/α,β-unsaturated/α-hetero) is 1. The maximum Gasteiger partial charge on any atom is 0.134 e. The average molecular weight is 193 g/mol. The summed E-state index contributed by atoms with van der Waals surface area (Å²) in [6.07, 6.45) is 9.33. The van der Waals surface area contributed by atoms with Gasteiger partial charge in [0.05, 0.1) is 0 Å². The van der Waals surface area contributed by atoms with E-state index < -0.39 is 0 Å². The maximum absolute atomic E-state index is 11.2. The van der Waals surface area contributed by atoms with E-state index in [2.05, 4.69) is 10.8 Å². The highest BCUT2D eigenvalue weighted by Gasteiger charge is 2.22. The van der Waals surface area contributed by atoms with E-state index in [1.807, 2.05) is 0 Å². The van der Waals surface area contributed by atoms with E-state index in [4.69, 9.17) is 6.42 Å². The molecule has 1 fully saturated rings. The van der Waals surface area contributed by atoms with Crippen molar-refractivity contribution in [2.75, 3.05) is 19.6 Å². The first-order chi connectivity index (χ1) is 6.74. The lowest BCUT2D eigenvalue weighted by molar-refractivity contribution is -0.122. The third-order valence-corrected chi connectivity index (χ3v) is 2.88. The lowest BCUT2D eigenvalue weighted by Gasteiger charge is -2.31. The van der Waals surface area contributed by atoms with Crippen molar-refractivity contribution in [3.05, 3.63) is 0 Å². The third-order valence-electron chi connectivity index (χ3n) is 2.88. The molecule has 1 aliphatic heterocycles. The highest BCUT2D eigenvalue weighted by atomic mass is 16.1. The first-order valence-electron chi connectivity index (χ1n) is 5.40. The van der Waals surface area contributed by atoms with Crippen LogP contribution >= 0.6 is 0 Å². The minimum Gasteiger partial charge on any atom is -0.303 e. The Labute approximate surface area is 86.7 Å². The normalized spacial score (nSPS) is 23.0. The van der Waals surface area contributed by atoms with Crippen LogP contribution in [-0.2, 0) is 4.79 Å².